The summed E-state index contributed by atoms with van der Waals surface area (Å²) in [6.07, 6.45) is 1.80. The third-order valence-electron chi connectivity index (χ3n) is 2.33. The van der Waals surface area contributed by atoms with Gasteiger partial charge in [-0.05, 0) is 18.6 Å². The van der Waals surface area contributed by atoms with Crippen LogP contribution in [0, 0.1) is 17.5 Å². The van der Waals surface area contributed by atoms with Crippen molar-refractivity contribution in [2.75, 3.05) is 18.4 Å². The fraction of sp³-hybridized carbons (Fsp3) is 0.417. The first kappa shape index (κ1) is 14.3. The summed E-state index contributed by atoms with van der Waals surface area (Å²) >= 11 is 0. The van der Waals surface area contributed by atoms with Crippen LogP contribution in [0.3, 0.4) is 0 Å². The molecule has 3 nitrogen and oxygen atoms in total. The van der Waals surface area contributed by atoms with E-state index < -0.39 is 17.5 Å². The Morgan fingerprint density at radius 1 is 1.22 bits per heavy atom. The molecule has 6 heteroatoms. The maximum absolute atomic E-state index is 13.2. The number of rotatable bonds is 6. The molecule has 0 unspecified atom stereocenters. The number of benzene rings is 1. The average Bonchev–Trinajstić information content (AvgIpc) is 2.35. The normalized spacial score (nSPS) is 10.2. The van der Waals surface area contributed by atoms with Crippen LogP contribution in [0.5, 0.6) is 0 Å². The highest BCUT2D eigenvalue weighted by Crippen LogP contribution is 2.19. The maximum atomic E-state index is 13.2. The van der Waals surface area contributed by atoms with Crippen LogP contribution in [0.15, 0.2) is 12.1 Å². The molecule has 0 aliphatic rings. The predicted octanol–water partition coefficient (Wildman–Crippen LogP) is 2.43. The van der Waals surface area contributed by atoms with Crippen LogP contribution < -0.4 is 10.6 Å². The van der Waals surface area contributed by atoms with E-state index in [9.17, 15) is 18.0 Å². The number of nitrogens with one attached hydrogen (secondary N) is 2. The molecule has 2 N–H and O–H groups in total. The van der Waals surface area contributed by atoms with Gasteiger partial charge in [0, 0.05) is 6.54 Å². The summed E-state index contributed by atoms with van der Waals surface area (Å²) in [5.74, 6) is -4.46. The molecule has 0 heterocycles. The summed E-state index contributed by atoms with van der Waals surface area (Å²) in [5, 5.41) is 5.02. The van der Waals surface area contributed by atoms with E-state index >= 15 is 0 Å². The molecule has 0 aliphatic carbocycles. The molecule has 1 amide bonds. The van der Waals surface area contributed by atoms with Crippen LogP contribution in [0.4, 0.5) is 18.9 Å². The molecule has 0 aliphatic heterocycles. The number of hydrogen-bond donors (Lipinski definition) is 2. The van der Waals surface area contributed by atoms with Crippen molar-refractivity contribution >= 4 is 11.6 Å². The molecule has 0 atom stereocenters. The van der Waals surface area contributed by atoms with Crippen molar-refractivity contribution in [3.05, 3.63) is 29.6 Å². The van der Waals surface area contributed by atoms with Crippen molar-refractivity contribution in [2.45, 2.75) is 19.8 Å². The fourth-order valence-electron chi connectivity index (χ4n) is 1.31. The van der Waals surface area contributed by atoms with Crippen molar-refractivity contribution in [1.82, 2.24) is 5.32 Å². The van der Waals surface area contributed by atoms with Gasteiger partial charge in [-0.25, -0.2) is 13.2 Å². The van der Waals surface area contributed by atoms with E-state index in [-0.39, 0.29) is 18.1 Å². The molecule has 1 aromatic carbocycles. The Morgan fingerprint density at radius 3 is 2.61 bits per heavy atom. The average molecular weight is 260 g/mol. The van der Waals surface area contributed by atoms with Crippen molar-refractivity contribution in [2.24, 2.45) is 0 Å². The van der Waals surface area contributed by atoms with Crippen LogP contribution in [0.2, 0.25) is 0 Å². The van der Waals surface area contributed by atoms with Crippen LogP contribution in [-0.2, 0) is 4.79 Å². The smallest absolute Gasteiger partial charge is 0.239 e. The van der Waals surface area contributed by atoms with Crippen LogP contribution in [0.1, 0.15) is 19.8 Å². The SMILES string of the molecule is CCCCNC(=O)CNc1ccc(F)c(F)c1F. The van der Waals surface area contributed by atoms with E-state index in [1.54, 1.807) is 0 Å². The second kappa shape index (κ2) is 6.88. The minimum Gasteiger partial charge on any atom is -0.374 e. The van der Waals surface area contributed by atoms with Crippen molar-refractivity contribution in [3.8, 4) is 0 Å². The lowest BCUT2D eigenvalue weighted by Crippen LogP contribution is -2.30. The Balaban J connectivity index is 2.49. The summed E-state index contributed by atoms with van der Waals surface area (Å²) in [7, 11) is 0. The molecule has 0 saturated carbocycles. The highest BCUT2D eigenvalue weighted by molar-refractivity contribution is 5.80. The van der Waals surface area contributed by atoms with Gasteiger partial charge in [-0.1, -0.05) is 13.3 Å². The van der Waals surface area contributed by atoms with E-state index in [0.29, 0.717) is 6.54 Å². The molecular formula is C12H15F3N2O. The molecule has 1 rings (SSSR count). The summed E-state index contributed by atoms with van der Waals surface area (Å²) in [6.45, 7) is 2.34. The van der Waals surface area contributed by atoms with Gasteiger partial charge in [0.15, 0.2) is 17.5 Å². The Hall–Kier alpha value is -1.72. The van der Waals surface area contributed by atoms with Crippen LogP contribution in [-0.4, -0.2) is 19.0 Å². The highest BCUT2D eigenvalue weighted by atomic mass is 19.2. The van der Waals surface area contributed by atoms with E-state index in [4.69, 9.17) is 0 Å². The van der Waals surface area contributed by atoms with Gasteiger partial charge >= 0.3 is 0 Å². The monoisotopic (exact) mass is 260 g/mol. The van der Waals surface area contributed by atoms with Gasteiger partial charge in [0.2, 0.25) is 5.91 Å². The highest BCUT2D eigenvalue weighted by Gasteiger charge is 2.13. The number of hydrogen-bond acceptors (Lipinski definition) is 2. The van der Waals surface area contributed by atoms with Crippen molar-refractivity contribution in [3.63, 3.8) is 0 Å². The Kier molecular flexibility index (Phi) is 5.48. The van der Waals surface area contributed by atoms with Crippen molar-refractivity contribution < 1.29 is 18.0 Å². The number of anilines is 1. The number of halogens is 3. The zero-order valence-electron chi connectivity index (χ0n) is 10.0. The quantitative estimate of drug-likeness (QED) is 0.609. The largest absolute Gasteiger partial charge is 0.374 e. The minimum atomic E-state index is -1.55. The van der Waals surface area contributed by atoms with E-state index in [0.717, 1.165) is 25.0 Å². The zero-order chi connectivity index (χ0) is 13.5. The molecule has 1 aromatic rings. The number of carbonyl (C=O) groups excluding carboxylic acids is 1. The van der Waals surface area contributed by atoms with Gasteiger partial charge in [0.25, 0.3) is 0 Å². The van der Waals surface area contributed by atoms with Gasteiger partial charge < -0.3 is 10.6 Å². The third kappa shape index (κ3) is 3.94. The van der Waals surface area contributed by atoms with Crippen LogP contribution in [0.25, 0.3) is 0 Å². The first-order valence-electron chi connectivity index (χ1n) is 5.70. The lowest BCUT2D eigenvalue weighted by atomic mass is 10.2. The topological polar surface area (TPSA) is 41.1 Å². The van der Waals surface area contributed by atoms with E-state index in [1.807, 2.05) is 6.92 Å². The third-order valence-corrected chi connectivity index (χ3v) is 2.33. The molecule has 0 fully saturated rings. The summed E-state index contributed by atoms with van der Waals surface area (Å²) in [5.41, 5.74) is -0.237. The van der Waals surface area contributed by atoms with Gasteiger partial charge in [0.1, 0.15) is 0 Å². The van der Waals surface area contributed by atoms with Gasteiger partial charge in [-0.15, -0.1) is 0 Å². The summed E-state index contributed by atoms with van der Waals surface area (Å²) in [6, 6.07) is 1.85. The summed E-state index contributed by atoms with van der Waals surface area (Å²) < 4.78 is 38.7. The maximum Gasteiger partial charge on any atom is 0.239 e. The molecule has 0 saturated heterocycles. The molecule has 0 aromatic heterocycles. The first-order valence-corrected chi connectivity index (χ1v) is 5.70. The fourth-order valence-corrected chi connectivity index (χ4v) is 1.31. The second-order valence-corrected chi connectivity index (χ2v) is 3.78. The molecule has 0 spiro atoms. The Bertz CT molecular complexity index is 424. The van der Waals surface area contributed by atoms with Crippen molar-refractivity contribution in [1.29, 1.82) is 0 Å². The molecular weight excluding hydrogens is 245 g/mol. The molecule has 100 valence electrons. The number of amides is 1. The minimum absolute atomic E-state index is 0.189. The molecule has 0 bridgehead atoms. The molecule has 0 radical (unpaired) electrons. The first-order chi connectivity index (χ1) is 8.56. The molecule has 18 heavy (non-hydrogen) atoms. The lowest BCUT2D eigenvalue weighted by Gasteiger charge is -2.08. The number of carbonyl (C=O) groups is 1. The van der Waals surface area contributed by atoms with Gasteiger partial charge in [-0.2, -0.15) is 0 Å². The predicted molar refractivity (Wildman–Crippen MR) is 62.7 cm³/mol. The van der Waals surface area contributed by atoms with E-state index in [2.05, 4.69) is 10.6 Å². The van der Waals surface area contributed by atoms with Gasteiger partial charge in [-0.3, -0.25) is 4.79 Å². The zero-order valence-corrected chi connectivity index (χ0v) is 10.0. The standard InChI is InChI=1S/C12H15F3N2O/c1-2-3-6-16-10(18)7-17-9-5-4-8(13)11(14)12(9)15/h4-5,17H,2-3,6-7H2,1H3,(H,16,18). The van der Waals surface area contributed by atoms with Crippen LogP contribution >= 0.6 is 0 Å². The van der Waals surface area contributed by atoms with E-state index in [1.165, 1.54) is 0 Å². The van der Waals surface area contributed by atoms with Gasteiger partial charge in [0.05, 0.1) is 12.2 Å². The second-order valence-electron chi connectivity index (χ2n) is 3.78. The summed E-state index contributed by atoms with van der Waals surface area (Å²) in [4.78, 5) is 11.3. The number of unbranched alkanes of at least 4 members (excludes halogenated alkanes) is 1. The Labute approximate surface area is 103 Å². The lowest BCUT2D eigenvalue weighted by molar-refractivity contribution is -0.119. The Morgan fingerprint density at radius 2 is 1.94 bits per heavy atom.